The summed E-state index contributed by atoms with van der Waals surface area (Å²) in [4.78, 5) is 4.70. The zero-order chi connectivity index (χ0) is 17.3. The van der Waals surface area contributed by atoms with Crippen LogP contribution in [0.5, 0.6) is 0 Å². The highest BCUT2D eigenvalue weighted by Gasteiger charge is 2.12. The van der Waals surface area contributed by atoms with Crippen LogP contribution in [0.4, 0.5) is 0 Å². The van der Waals surface area contributed by atoms with Crippen molar-refractivity contribution in [3.63, 3.8) is 0 Å². The van der Waals surface area contributed by atoms with E-state index < -0.39 is 0 Å². The highest BCUT2D eigenvalue weighted by molar-refractivity contribution is 6.27. The Hall–Kier alpha value is -3.39. The van der Waals surface area contributed by atoms with Crippen LogP contribution in [0.3, 0.4) is 0 Å². The molecule has 0 aliphatic carbocycles. The van der Waals surface area contributed by atoms with Gasteiger partial charge in [-0.15, -0.1) is 0 Å². The molecule has 2 heterocycles. The summed E-state index contributed by atoms with van der Waals surface area (Å²) in [5, 5.41) is 11.4. The highest BCUT2D eigenvalue weighted by Crippen LogP contribution is 2.38. The molecule has 0 bridgehead atoms. The Bertz CT molecular complexity index is 1490. The molecule has 6 aromatic rings. The van der Waals surface area contributed by atoms with Gasteiger partial charge in [-0.1, -0.05) is 42.5 Å². The van der Waals surface area contributed by atoms with E-state index >= 15 is 0 Å². The van der Waals surface area contributed by atoms with E-state index in [0.29, 0.717) is 0 Å². The quantitative estimate of drug-likeness (QED) is 0.240. The first kappa shape index (κ1) is 13.9. The fraction of sp³-hybridized carbons (Fsp3) is 0.0417. The van der Waals surface area contributed by atoms with Crippen LogP contribution in [0.1, 0.15) is 0 Å². The third-order valence-corrected chi connectivity index (χ3v) is 5.48. The summed E-state index contributed by atoms with van der Waals surface area (Å²) < 4.78 is 2.13. The molecule has 6 rings (SSSR count). The average Bonchev–Trinajstić information content (AvgIpc) is 3.09. The van der Waals surface area contributed by atoms with Gasteiger partial charge in [0.2, 0.25) is 0 Å². The molecule has 0 aliphatic heterocycles. The third-order valence-electron chi connectivity index (χ3n) is 5.48. The standard InChI is InChI=1S/C24H16N2/c1-26-13-22-20-11-16-9-8-15-5-2-3-6-17(15)19(16)12-21(20)18-7-4-10-25-24(18)23(22)14-26/h2-14H,1H3. The molecule has 2 nitrogen and oxygen atoms in total. The number of benzene rings is 4. The number of rotatable bonds is 0. The van der Waals surface area contributed by atoms with E-state index in [0.717, 1.165) is 5.52 Å². The van der Waals surface area contributed by atoms with E-state index in [1.807, 2.05) is 12.3 Å². The summed E-state index contributed by atoms with van der Waals surface area (Å²) in [6.45, 7) is 0. The summed E-state index contributed by atoms with van der Waals surface area (Å²) >= 11 is 0. The number of hydrogen-bond acceptors (Lipinski definition) is 1. The second-order valence-electron chi connectivity index (χ2n) is 7.06. The molecular formula is C24H16N2. The lowest BCUT2D eigenvalue weighted by Gasteiger charge is -2.10. The predicted molar refractivity (Wildman–Crippen MR) is 111 cm³/mol. The van der Waals surface area contributed by atoms with Crippen LogP contribution in [0.25, 0.3) is 54.0 Å². The fourth-order valence-corrected chi connectivity index (χ4v) is 4.32. The summed E-state index contributed by atoms with van der Waals surface area (Å²) in [7, 11) is 2.08. The minimum Gasteiger partial charge on any atom is -0.356 e. The van der Waals surface area contributed by atoms with Gasteiger partial charge < -0.3 is 4.57 Å². The molecule has 0 N–H and O–H groups in total. The molecule has 0 fully saturated rings. The molecule has 0 atom stereocenters. The Morgan fingerprint density at radius 3 is 2.35 bits per heavy atom. The number of fused-ring (bicyclic) bond motifs is 9. The lowest BCUT2D eigenvalue weighted by atomic mass is 9.94. The van der Waals surface area contributed by atoms with Gasteiger partial charge in [-0.25, -0.2) is 0 Å². The maximum Gasteiger partial charge on any atom is 0.0802 e. The summed E-state index contributed by atoms with van der Waals surface area (Å²) in [5.41, 5.74) is 1.08. The van der Waals surface area contributed by atoms with E-state index in [9.17, 15) is 0 Å². The van der Waals surface area contributed by atoms with Crippen molar-refractivity contribution in [2.45, 2.75) is 0 Å². The number of aromatic nitrogens is 2. The number of hydrogen-bond donors (Lipinski definition) is 0. The smallest absolute Gasteiger partial charge is 0.0802 e. The third kappa shape index (κ3) is 1.73. The first-order valence-corrected chi connectivity index (χ1v) is 8.87. The minimum absolute atomic E-state index is 1.08. The van der Waals surface area contributed by atoms with Crippen LogP contribution in [0.15, 0.2) is 79.3 Å². The number of pyridine rings is 1. The number of aryl methyl sites for hydroxylation is 1. The van der Waals surface area contributed by atoms with Crippen molar-refractivity contribution in [1.29, 1.82) is 0 Å². The largest absolute Gasteiger partial charge is 0.356 e. The van der Waals surface area contributed by atoms with Gasteiger partial charge in [-0.3, -0.25) is 4.98 Å². The van der Waals surface area contributed by atoms with E-state index in [2.05, 4.69) is 78.6 Å². The molecule has 0 saturated carbocycles. The van der Waals surface area contributed by atoms with Gasteiger partial charge in [-0.05, 0) is 50.5 Å². The lowest BCUT2D eigenvalue weighted by Crippen LogP contribution is -1.85. The lowest BCUT2D eigenvalue weighted by molar-refractivity contribution is 0.934. The molecule has 26 heavy (non-hydrogen) atoms. The van der Waals surface area contributed by atoms with Crippen molar-refractivity contribution in [3.8, 4) is 0 Å². The predicted octanol–water partition coefficient (Wildman–Crippen LogP) is 6.19. The Morgan fingerprint density at radius 2 is 1.38 bits per heavy atom. The Balaban J connectivity index is 1.94. The van der Waals surface area contributed by atoms with Gasteiger partial charge in [0.25, 0.3) is 0 Å². The summed E-state index contributed by atoms with van der Waals surface area (Å²) in [6.07, 6.45) is 6.27. The zero-order valence-corrected chi connectivity index (χ0v) is 14.4. The van der Waals surface area contributed by atoms with Crippen molar-refractivity contribution in [2.75, 3.05) is 0 Å². The zero-order valence-electron chi connectivity index (χ0n) is 14.4. The van der Waals surface area contributed by atoms with Gasteiger partial charge in [0.15, 0.2) is 0 Å². The summed E-state index contributed by atoms with van der Waals surface area (Å²) in [6, 6.07) is 22.0. The molecule has 0 aliphatic rings. The van der Waals surface area contributed by atoms with Crippen LogP contribution in [0, 0.1) is 0 Å². The van der Waals surface area contributed by atoms with Crippen molar-refractivity contribution < 1.29 is 0 Å². The van der Waals surface area contributed by atoms with E-state index in [1.54, 1.807) is 0 Å². The van der Waals surface area contributed by atoms with Crippen molar-refractivity contribution in [2.24, 2.45) is 7.05 Å². The van der Waals surface area contributed by atoms with Crippen LogP contribution in [0.2, 0.25) is 0 Å². The van der Waals surface area contributed by atoms with Gasteiger partial charge >= 0.3 is 0 Å². The molecule has 2 heteroatoms. The maximum atomic E-state index is 4.70. The average molecular weight is 332 g/mol. The van der Waals surface area contributed by atoms with Gasteiger partial charge in [-0.2, -0.15) is 0 Å². The Morgan fingerprint density at radius 1 is 0.615 bits per heavy atom. The minimum atomic E-state index is 1.08. The van der Waals surface area contributed by atoms with Crippen LogP contribution >= 0.6 is 0 Å². The van der Waals surface area contributed by atoms with Gasteiger partial charge in [0.1, 0.15) is 0 Å². The first-order chi connectivity index (χ1) is 12.8. The molecule has 0 spiro atoms. The molecule has 0 saturated heterocycles. The molecule has 0 unspecified atom stereocenters. The van der Waals surface area contributed by atoms with E-state index in [4.69, 9.17) is 4.98 Å². The topological polar surface area (TPSA) is 17.8 Å². The van der Waals surface area contributed by atoms with Crippen LogP contribution in [-0.4, -0.2) is 9.55 Å². The number of nitrogens with zero attached hydrogens (tertiary/aromatic N) is 2. The molecule has 0 amide bonds. The Labute approximate surface area is 150 Å². The molecule has 0 radical (unpaired) electrons. The first-order valence-electron chi connectivity index (χ1n) is 8.87. The maximum absolute atomic E-state index is 4.70. The van der Waals surface area contributed by atoms with Crippen LogP contribution in [-0.2, 0) is 7.05 Å². The van der Waals surface area contributed by atoms with E-state index in [1.165, 1.54) is 48.5 Å². The monoisotopic (exact) mass is 332 g/mol. The normalized spacial score (nSPS) is 12.0. The molecule has 2 aromatic heterocycles. The second kappa shape index (κ2) is 4.83. The van der Waals surface area contributed by atoms with Crippen molar-refractivity contribution in [3.05, 3.63) is 79.3 Å². The van der Waals surface area contributed by atoms with Crippen LogP contribution < -0.4 is 0 Å². The highest BCUT2D eigenvalue weighted by atomic mass is 14.9. The molecule has 4 aromatic carbocycles. The fourth-order valence-electron chi connectivity index (χ4n) is 4.32. The Kier molecular flexibility index (Phi) is 2.57. The SMILES string of the molecule is Cn1cc2c3cc4ccc5ccccc5c4cc3c3cccnc3c2c1. The van der Waals surface area contributed by atoms with Crippen molar-refractivity contribution in [1.82, 2.24) is 9.55 Å². The van der Waals surface area contributed by atoms with Gasteiger partial charge in [0.05, 0.1) is 5.52 Å². The van der Waals surface area contributed by atoms with E-state index in [-0.39, 0.29) is 0 Å². The van der Waals surface area contributed by atoms with Gasteiger partial charge in [0, 0.05) is 41.8 Å². The summed E-state index contributed by atoms with van der Waals surface area (Å²) in [5.74, 6) is 0. The molecular weight excluding hydrogens is 316 g/mol. The molecule has 122 valence electrons. The second-order valence-corrected chi connectivity index (χ2v) is 7.06. The van der Waals surface area contributed by atoms with Crippen molar-refractivity contribution >= 4 is 54.0 Å².